The highest BCUT2D eigenvalue weighted by Gasteiger charge is 2.32. The summed E-state index contributed by atoms with van der Waals surface area (Å²) in [6.45, 7) is 4.21. The number of thioether (sulfide) groups is 1. The van der Waals surface area contributed by atoms with Crippen LogP contribution in [0.2, 0.25) is 0 Å². The van der Waals surface area contributed by atoms with E-state index in [4.69, 9.17) is 5.73 Å². The quantitative estimate of drug-likeness (QED) is 0.898. The van der Waals surface area contributed by atoms with Gasteiger partial charge in [-0.3, -0.25) is 0 Å². The van der Waals surface area contributed by atoms with E-state index in [-0.39, 0.29) is 10.8 Å². The van der Waals surface area contributed by atoms with Crippen LogP contribution >= 0.6 is 11.8 Å². The molecule has 2 heteroatoms. The van der Waals surface area contributed by atoms with E-state index in [2.05, 4.69) is 68.6 Å². The van der Waals surface area contributed by atoms with E-state index in [0.29, 0.717) is 0 Å². The van der Waals surface area contributed by atoms with Crippen molar-refractivity contribution in [2.75, 3.05) is 6.26 Å². The van der Waals surface area contributed by atoms with Gasteiger partial charge in [0.25, 0.3) is 0 Å². The highest BCUT2D eigenvalue weighted by atomic mass is 32.2. The fourth-order valence-electron chi connectivity index (χ4n) is 2.42. The highest BCUT2D eigenvalue weighted by molar-refractivity contribution is 7.98. The standard InChI is InChI=1S/C17H21NS/c1-13-9-11-15(12-10-13)17(2,18)16(19-3)14-7-5-4-6-8-14/h4-12,16H,18H2,1-3H3/t16-,17-/m0/s1. The average molecular weight is 271 g/mol. The first-order chi connectivity index (χ1) is 9.05. The zero-order valence-corrected chi connectivity index (χ0v) is 12.6. The third-order valence-electron chi connectivity index (χ3n) is 3.56. The van der Waals surface area contributed by atoms with Gasteiger partial charge in [-0.15, -0.1) is 0 Å². The van der Waals surface area contributed by atoms with Crippen LogP contribution in [0.1, 0.15) is 28.9 Å². The topological polar surface area (TPSA) is 26.0 Å². The van der Waals surface area contributed by atoms with Gasteiger partial charge in [-0.25, -0.2) is 0 Å². The van der Waals surface area contributed by atoms with Crippen molar-refractivity contribution in [3.63, 3.8) is 0 Å². The molecule has 0 spiro atoms. The predicted molar refractivity (Wildman–Crippen MR) is 85.4 cm³/mol. The van der Waals surface area contributed by atoms with Gasteiger partial charge < -0.3 is 5.73 Å². The van der Waals surface area contributed by atoms with Crippen molar-refractivity contribution in [2.24, 2.45) is 5.73 Å². The second kappa shape index (κ2) is 5.81. The molecule has 2 aromatic rings. The molecule has 0 unspecified atom stereocenters. The zero-order chi connectivity index (χ0) is 13.9. The van der Waals surface area contributed by atoms with E-state index < -0.39 is 0 Å². The summed E-state index contributed by atoms with van der Waals surface area (Å²) in [7, 11) is 0. The molecule has 2 atom stereocenters. The van der Waals surface area contributed by atoms with Gasteiger partial charge in [0.1, 0.15) is 0 Å². The number of rotatable bonds is 4. The number of hydrogen-bond acceptors (Lipinski definition) is 2. The van der Waals surface area contributed by atoms with Crippen LogP contribution in [0.3, 0.4) is 0 Å². The summed E-state index contributed by atoms with van der Waals surface area (Å²) < 4.78 is 0. The van der Waals surface area contributed by atoms with Gasteiger partial charge in [0.15, 0.2) is 0 Å². The van der Waals surface area contributed by atoms with Crippen molar-refractivity contribution < 1.29 is 0 Å². The number of aryl methyl sites for hydroxylation is 1. The summed E-state index contributed by atoms with van der Waals surface area (Å²) >= 11 is 1.80. The second-order valence-electron chi connectivity index (χ2n) is 5.18. The van der Waals surface area contributed by atoms with Gasteiger partial charge in [0.05, 0.1) is 10.8 Å². The van der Waals surface area contributed by atoms with Gasteiger partial charge in [0, 0.05) is 0 Å². The first-order valence-electron chi connectivity index (χ1n) is 6.49. The molecule has 0 aliphatic heterocycles. The van der Waals surface area contributed by atoms with Crippen molar-refractivity contribution in [3.05, 3.63) is 71.3 Å². The number of hydrogen-bond donors (Lipinski definition) is 1. The van der Waals surface area contributed by atoms with Crippen LogP contribution in [0.25, 0.3) is 0 Å². The maximum absolute atomic E-state index is 6.65. The van der Waals surface area contributed by atoms with Crippen LogP contribution in [0.15, 0.2) is 54.6 Å². The Hall–Kier alpha value is -1.25. The molecule has 0 amide bonds. The lowest BCUT2D eigenvalue weighted by molar-refractivity contribution is 0.481. The summed E-state index contributed by atoms with van der Waals surface area (Å²) in [6.07, 6.45) is 2.12. The molecule has 2 N–H and O–H groups in total. The summed E-state index contributed by atoms with van der Waals surface area (Å²) in [5.74, 6) is 0. The first kappa shape index (κ1) is 14.2. The molecule has 2 aromatic carbocycles. The van der Waals surface area contributed by atoms with Crippen molar-refractivity contribution in [1.29, 1.82) is 0 Å². The Kier molecular flexibility index (Phi) is 4.33. The van der Waals surface area contributed by atoms with Crippen molar-refractivity contribution in [2.45, 2.75) is 24.6 Å². The smallest absolute Gasteiger partial charge is 0.0542 e. The lowest BCUT2D eigenvalue weighted by Gasteiger charge is -2.34. The second-order valence-corrected chi connectivity index (χ2v) is 6.12. The zero-order valence-electron chi connectivity index (χ0n) is 11.8. The summed E-state index contributed by atoms with van der Waals surface area (Å²) in [4.78, 5) is 0. The molecule has 0 saturated carbocycles. The van der Waals surface area contributed by atoms with E-state index in [0.717, 1.165) is 0 Å². The molecule has 0 fully saturated rings. The molecule has 0 saturated heterocycles. The summed E-state index contributed by atoms with van der Waals surface area (Å²) in [5.41, 5.74) is 10.00. The van der Waals surface area contributed by atoms with Crippen molar-refractivity contribution in [1.82, 2.24) is 0 Å². The Labute approximate surface area is 120 Å². The summed E-state index contributed by atoms with van der Waals surface area (Å²) in [6, 6.07) is 19.0. The van der Waals surface area contributed by atoms with E-state index >= 15 is 0 Å². The van der Waals surface area contributed by atoms with Gasteiger partial charge in [-0.1, -0.05) is 60.2 Å². The molecule has 0 aromatic heterocycles. The van der Waals surface area contributed by atoms with E-state index in [1.807, 2.05) is 6.07 Å². The molecule has 0 aliphatic rings. The third kappa shape index (κ3) is 3.02. The number of nitrogens with two attached hydrogens (primary N) is 1. The minimum Gasteiger partial charge on any atom is -0.320 e. The van der Waals surface area contributed by atoms with Crippen LogP contribution in [-0.2, 0) is 5.54 Å². The highest BCUT2D eigenvalue weighted by Crippen LogP contribution is 2.41. The largest absolute Gasteiger partial charge is 0.320 e. The van der Waals surface area contributed by atoms with Gasteiger partial charge in [-0.05, 0) is 31.2 Å². The maximum atomic E-state index is 6.65. The Morgan fingerprint density at radius 1 is 1.00 bits per heavy atom. The summed E-state index contributed by atoms with van der Waals surface area (Å²) in [5, 5.41) is 0.247. The van der Waals surface area contributed by atoms with Crippen molar-refractivity contribution >= 4 is 11.8 Å². The van der Waals surface area contributed by atoms with Crippen LogP contribution in [0, 0.1) is 6.92 Å². The van der Waals surface area contributed by atoms with Crippen LogP contribution in [0.5, 0.6) is 0 Å². The fraction of sp³-hybridized carbons (Fsp3) is 0.294. The molecule has 19 heavy (non-hydrogen) atoms. The monoisotopic (exact) mass is 271 g/mol. The van der Waals surface area contributed by atoms with E-state index in [9.17, 15) is 0 Å². The Morgan fingerprint density at radius 3 is 2.11 bits per heavy atom. The molecule has 0 heterocycles. The Morgan fingerprint density at radius 2 is 1.58 bits per heavy atom. The molecule has 1 nitrogen and oxygen atoms in total. The van der Waals surface area contributed by atoms with Crippen LogP contribution in [0.4, 0.5) is 0 Å². The van der Waals surface area contributed by atoms with Crippen LogP contribution in [-0.4, -0.2) is 6.26 Å². The minimum absolute atomic E-state index is 0.247. The fourth-order valence-corrected chi connectivity index (χ4v) is 3.47. The van der Waals surface area contributed by atoms with E-state index in [1.54, 1.807) is 11.8 Å². The minimum atomic E-state index is -0.380. The SMILES string of the molecule is CS[C@@H](c1ccccc1)[C@@](C)(N)c1ccc(C)cc1. The predicted octanol–water partition coefficient (Wildman–Crippen LogP) is 4.27. The molecular weight excluding hydrogens is 250 g/mol. The Balaban J connectivity index is 2.38. The average Bonchev–Trinajstić information content (AvgIpc) is 2.41. The lowest BCUT2D eigenvalue weighted by atomic mass is 9.85. The van der Waals surface area contributed by atoms with Crippen molar-refractivity contribution in [3.8, 4) is 0 Å². The maximum Gasteiger partial charge on any atom is 0.0542 e. The van der Waals surface area contributed by atoms with E-state index in [1.165, 1.54) is 16.7 Å². The molecule has 2 rings (SSSR count). The normalized spacial score (nSPS) is 15.8. The number of benzene rings is 2. The molecule has 0 aliphatic carbocycles. The first-order valence-corrected chi connectivity index (χ1v) is 7.78. The molecule has 100 valence electrons. The third-order valence-corrected chi connectivity index (χ3v) is 4.79. The lowest BCUT2D eigenvalue weighted by Crippen LogP contribution is -2.38. The van der Waals surface area contributed by atoms with Gasteiger partial charge in [-0.2, -0.15) is 11.8 Å². The molecule has 0 bridgehead atoms. The Bertz CT molecular complexity index is 517. The van der Waals surface area contributed by atoms with Crippen LogP contribution < -0.4 is 5.73 Å². The van der Waals surface area contributed by atoms with Gasteiger partial charge >= 0.3 is 0 Å². The van der Waals surface area contributed by atoms with Gasteiger partial charge in [0.2, 0.25) is 0 Å². The molecular formula is C17H21NS. The molecule has 0 radical (unpaired) electrons.